The SMILES string of the molecule is Cc1nn(C)c(SCC(C)C)c1CC(C)N. The number of nitrogens with two attached hydrogens (primary N) is 1. The molecule has 2 N–H and O–H groups in total. The molecule has 1 aromatic heterocycles. The van der Waals surface area contributed by atoms with Gasteiger partial charge in [0.2, 0.25) is 0 Å². The van der Waals surface area contributed by atoms with E-state index in [0.29, 0.717) is 5.92 Å². The number of aromatic nitrogens is 2. The van der Waals surface area contributed by atoms with Crippen LogP contribution in [-0.2, 0) is 13.5 Å². The fraction of sp³-hybridized carbons (Fsp3) is 0.750. The predicted molar refractivity (Wildman–Crippen MR) is 70.9 cm³/mol. The van der Waals surface area contributed by atoms with Gasteiger partial charge >= 0.3 is 0 Å². The highest BCUT2D eigenvalue weighted by molar-refractivity contribution is 7.99. The molecule has 92 valence electrons. The van der Waals surface area contributed by atoms with E-state index in [2.05, 4.69) is 25.9 Å². The van der Waals surface area contributed by atoms with Gasteiger partial charge in [-0.3, -0.25) is 4.68 Å². The Labute approximate surface area is 103 Å². The second-order valence-electron chi connectivity index (χ2n) is 4.88. The van der Waals surface area contributed by atoms with Crippen molar-refractivity contribution in [3.8, 4) is 0 Å². The zero-order chi connectivity index (χ0) is 12.3. The van der Waals surface area contributed by atoms with Gasteiger partial charge in [-0.05, 0) is 26.2 Å². The third-order valence-corrected chi connectivity index (χ3v) is 3.99. The van der Waals surface area contributed by atoms with Crippen molar-refractivity contribution in [1.29, 1.82) is 0 Å². The van der Waals surface area contributed by atoms with E-state index >= 15 is 0 Å². The van der Waals surface area contributed by atoms with E-state index in [0.717, 1.165) is 17.9 Å². The van der Waals surface area contributed by atoms with Gasteiger partial charge in [0, 0.05) is 24.4 Å². The van der Waals surface area contributed by atoms with E-state index in [-0.39, 0.29) is 6.04 Å². The van der Waals surface area contributed by atoms with E-state index < -0.39 is 0 Å². The van der Waals surface area contributed by atoms with E-state index in [4.69, 9.17) is 5.73 Å². The summed E-state index contributed by atoms with van der Waals surface area (Å²) < 4.78 is 1.99. The lowest BCUT2D eigenvalue weighted by Crippen LogP contribution is -2.18. The van der Waals surface area contributed by atoms with Gasteiger partial charge in [0.25, 0.3) is 0 Å². The number of hydrogen-bond donors (Lipinski definition) is 1. The lowest BCUT2D eigenvalue weighted by Gasteiger charge is -2.09. The lowest BCUT2D eigenvalue weighted by molar-refractivity contribution is 0.673. The van der Waals surface area contributed by atoms with Crippen LogP contribution >= 0.6 is 11.8 Å². The Morgan fingerprint density at radius 1 is 1.38 bits per heavy atom. The zero-order valence-corrected chi connectivity index (χ0v) is 11.8. The fourth-order valence-corrected chi connectivity index (χ4v) is 2.79. The Bertz CT molecular complexity index is 342. The minimum absolute atomic E-state index is 0.196. The molecule has 1 heterocycles. The highest BCUT2D eigenvalue weighted by atomic mass is 32.2. The van der Waals surface area contributed by atoms with Gasteiger partial charge in [-0.1, -0.05) is 13.8 Å². The molecule has 0 saturated heterocycles. The smallest absolute Gasteiger partial charge is 0.0972 e. The van der Waals surface area contributed by atoms with Gasteiger partial charge in [-0.25, -0.2) is 0 Å². The van der Waals surface area contributed by atoms with Crippen LogP contribution in [0.2, 0.25) is 0 Å². The first-order valence-electron chi connectivity index (χ1n) is 5.82. The summed E-state index contributed by atoms with van der Waals surface area (Å²) in [6.07, 6.45) is 0.917. The molecule has 0 fully saturated rings. The molecule has 0 aromatic carbocycles. The Morgan fingerprint density at radius 3 is 2.50 bits per heavy atom. The molecule has 0 aliphatic rings. The van der Waals surface area contributed by atoms with Crippen molar-refractivity contribution in [3.05, 3.63) is 11.3 Å². The first kappa shape index (κ1) is 13.6. The summed E-state index contributed by atoms with van der Waals surface area (Å²) in [7, 11) is 2.01. The van der Waals surface area contributed by atoms with Gasteiger partial charge in [0.15, 0.2) is 0 Å². The molecule has 0 radical (unpaired) electrons. The van der Waals surface area contributed by atoms with Crippen LogP contribution in [0.1, 0.15) is 32.0 Å². The minimum Gasteiger partial charge on any atom is -0.328 e. The van der Waals surface area contributed by atoms with E-state index in [9.17, 15) is 0 Å². The number of hydrogen-bond acceptors (Lipinski definition) is 3. The van der Waals surface area contributed by atoms with Crippen LogP contribution in [0.5, 0.6) is 0 Å². The number of thioether (sulfide) groups is 1. The van der Waals surface area contributed by atoms with Crippen molar-refractivity contribution in [3.63, 3.8) is 0 Å². The highest BCUT2D eigenvalue weighted by Gasteiger charge is 2.15. The standard InChI is InChI=1S/C12H23N3S/c1-8(2)7-16-12-11(6-9(3)13)10(4)14-15(12)5/h8-9H,6-7,13H2,1-5H3. The second kappa shape index (κ2) is 5.73. The fourth-order valence-electron chi connectivity index (χ4n) is 1.66. The van der Waals surface area contributed by atoms with Gasteiger partial charge in [-0.15, -0.1) is 11.8 Å². The number of rotatable bonds is 5. The summed E-state index contributed by atoms with van der Waals surface area (Å²) in [5.74, 6) is 1.83. The molecule has 1 unspecified atom stereocenters. The third-order valence-electron chi connectivity index (χ3n) is 2.37. The Balaban J connectivity index is 2.87. The number of nitrogens with zero attached hydrogens (tertiary/aromatic N) is 2. The summed E-state index contributed by atoms with van der Waals surface area (Å²) in [5.41, 5.74) is 8.32. The average Bonchev–Trinajstić information content (AvgIpc) is 2.38. The van der Waals surface area contributed by atoms with Crippen LogP contribution in [0.15, 0.2) is 5.03 Å². The quantitative estimate of drug-likeness (QED) is 0.805. The van der Waals surface area contributed by atoms with Crippen LogP contribution in [0.25, 0.3) is 0 Å². The summed E-state index contributed by atoms with van der Waals surface area (Å²) in [4.78, 5) is 0. The second-order valence-corrected chi connectivity index (χ2v) is 5.89. The molecule has 1 aromatic rings. The molecule has 0 saturated carbocycles. The molecular weight excluding hydrogens is 218 g/mol. The van der Waals surface area contributed by atoms with Crippen molar-refractivity contribution in [2.75, 3.05) is 5.75 Å². The minimum atomic E-state index is 0.196. The van der Waals surface area contributed by atoms with Gasteiger partial charge in [-0.2, -0.15) is 5.10 Å². The monoisotopic (exact) mass is 241 g/mol. The summed E-state index contributed by atoms with van der Waals surface area (Å²) in [6, 6.07) is 0.196. The van der Waals surface area contributed by atoms with Crippen molar-refractivity contribution in [1.82, 2.24) is 9.78 Å². The topological polar surface area (TPSA) is 43.8 Å². The molecule has 0 bridgehead atoms. The van der Waals surface area contributed by atoms with Crippen LogP contribution in [-0.4, -0.2) is 21.6 Å². The van der Waals surface area contributed by atoms with Crippen LogP contribution in [0.4, 0.5) is 0 Å². The maximum Gasteiger partial charge on any atom is 0.0972 e. The van der Waals surface area contributed by atoms with Crippen molar-refractivity contribution < 1.29 is 0 Å². The molecule has 3 nitrogen and oxygen atoms in total. The Kier molecular flexibility index (Phi) is 4.87. The maximum absolute atomic E-state index is 5.88. The van der Waals surface area contributed by atoms with E-state index in [1.54, 1.807) is 0 Å². The Morgan fingerprint density at radius 2 is 2.00 bits per heavy atom. The lowest BCUT2D eigenvalue weighted by atomic mass is 10.1. The van der Waals surface area contributed by atoms with E-state index in [1.165, 1.54) is 10.6 Å². The Hall–Kier alpha value is -0.480. The molecule has 0 amide bonds. The van der Waals surface area contributed by atoms with Gasteiger partial charge in [0.1, 0.15) is 0 Å². The molecule has 1 rings (SSSR count). The number of aryl methyl sites for hydroxylation is 2. The van der Waals surface area contributed by atoms with E-state index in [1.807, 2.05) is 30.4 Å². The van der Waals surface area contributed by atoms with Crippen molar-refractivity contribution in [2.45, 2.75) is 45.2 Å². The average molecular weight is 241 g/mol. The summed E-state index contributed by atoms with van der Waals surface area (Å²) >= 11 is 1.89. The largest absolute Gasteiger partial charge is 0.328 e. The molecule has 1 atom stereocenters. The van der Waals surface area contributed by atoms with Crippen molar-refractivity contribution in [2.24, 2.45) is 18.7 Å². The molecular formula is C12H23N3S. The summed E-state index contributed by atoms with van der Waals surface area (Å²) in [5, 5.41) is 5.76. The molecule has 0 aliphatic carbocycles. The summed E-state index contributed by atoms with van der Waals surface area (Å²) in [6.45, 7) is 8.59. The molecule has 0 aliphatic heterocycles. The third kappa shape index (κ3) is 3.52. The highest BCUT2D eigenvalue weighted by Crippen LogP contribution is 2.27. The van der Waals surface area contributed by atoms with Crippen LogP contribution in [0, 0.1) is 12.8 Å². The predicted octanol–water partition coefficient (Wildman–Crippen LogP) is 2.37. The van der Waals surface area contributed by atoms with Crippen LogP contribution in [0.3, 0.4) is 0 Å². The zero-order valence-electron chi connectivity index (χ0n) is 10.9. The molecule has 4 heteroatoms. The normalized spacial score (nSPS) is 13.4. The van der Waals surface area contributed by atoms with Crippen LogP contribution < -0.4 is 5.73 Å². The first-order chi connectivity index (χ1) is 7.41. The molecule has 0 spiro atoms. The maximum atomic E-state index is 5.88. The van der Waals surface area contributed by atoms with Crippen molar-refractivity contribution >= 4 is 11.8 Å². The van der Waals surface area contributed by atoms with Gasteiger partial charge in [0.05, 0.1) is 10.7 Å². The van der Waals surface area contributed by atoms with Gasteiger partial charge < -0.3 is 5.73 Å². The first-order valence-corrected chi connectivity index (χ1v) is 6.81. The molecule has 16 heavy (non-hydrogen) atoms.